The topological polar surface area (TPSA) is 0 Å². The smallest absolute Gasteiger partial charge is 0.0129 e. The van der Waals surface area contributed by atoms with Crippen molar-refractivity contribution >= 4 is 0 Å². The van der Waals surface area contributed by atoms with Crippen molar-refractivity contribution in [1.82, 2.24) is 0 Å². The third kappa shape index (κ3) is 5.24. The Kier molecular flexibility index (Phi) is 6.00. The third-order valence-corrected chi connectivity index (χ3v) is 5.62. The quantitative estimate of drug-likeness (QED) is 0.518. The van der Waals surface area contributed by atoms with Gasteiger partial charge in [0.05, 0.1) is 0 Å². The summed E-state index contributed by atoms with van der Waals surface area (Å²) in [6.45, 7) is 23.3. The minimum absolute atomic E-state index is 0.156. The lowest BCUT2D eigenvalue weighted by atomic mass is 9.73. The normalized spacial score (nSPS) is 14.3. The van der Waals surface area contributed by atoms with Gasteiger partial charge in [0.25, 0.3) is 0 Å². The van der Waals surface area contributed by atoms with Crippen LogP contribution in [0.4, 0.5) is 0 Å². The first-order valence-corrected chi connectivity index (χ1v) is 10.4. The monoisotopic (exact) mass is 364 g/mol. The Bertz CT molecular complexity index is 741. The molecule has 0 aliphatic carbocycles. The number of rotatable bonds is 3. The fourth-order valence-electron chi connectivity index (χ4n) is 3.95. The highest BCUT2D eigenvalue weighted by molar-refractivity contribution is 5.44. The Labute approximate surface area is 168 Å². The van der Waals surface area contributed by atoms with Gasteiger partial charge in [-0.2, -0.15) is 0 Å². The lowest BCUT2D eigenvalue weighted by molar-refractivity contribution is 0.547. The maximum atomic E-state index is 2.42. The molecule has 0 heteroatoms. The second kappa shape index (κ2) is 7.46. The second-order valence-corrected chi connectivity index (χ2v) is 11.3. The first-order chi connectivity index (χ1) is 12.2. The van der Waals surface area contributed by atoms with Gasteiger partial charge in [0.15, 0.2) is 0 Å². The van der Waals surface area contributed by atoms with Crippen LogP contribution in [0.1, 0.15) is 103 Å². The van der Waals surface area contributed by atoms with Crippen molar-refractivity contribution in [3.05, 3.63) is 70.3 Å². The van der Waals surface area contributed by atoms with E-state index in [-0.39, 0.29) is 16.2 Å². The van der Waals surface area contributed by atoms with E-state index in [9.17, 15) is 0 Å². The van der Waals surface area contributed by atoms with Gasteiger partial charge in [0, 0.05) is 0 Å². The van der Waals surface area contributed by atoms with Crippen LogP contribution in [0.3, 0.4) is 0 Å². The molecule has 2 rings (SSSR count). The number of benzene rings is 2. The van der Waals surface area contributed by atoms with E-state index in [1.165, 1.54) is 22.3 Å². The van der Waals surface area contributed by atoms with Gasteiger partial charge in [-0.25, -0.2) is 0 Å². The Hall–Kier alpha value is -1.56. The van der Waals surface area contributed by atoms with Crippen molar-refractivity contribution in [3.63, 3.8) is 0 Å². The molecular weight excluding hydrogens is 324 g/mol. The molecule has 0 bridgehead atoms. The van der Waals surface area contributed by atoms with Crippen LogP contribution in [0.15, 0.2) is 42.5 Å². The Morgan fingerprint density at radius 3 is 1.59 bits per heavy atom. The molecule has 0 saturated carbocycles. The molecule has 1 unspecified atom stereocenters. The van der Waals surface area contributed by atoms with Crippen molar-refractivity contribution in [2.45, 2.75) is 97.8 Å². The summed E-state index contributed by atoms with van der Waals surface area (Å²) in [5.41, 5.74) is 7.91. The summed E-state index contributed by atoms with van der Waals surface area (Å²) in [4.78, 5) is 0. The van der Waals surface area contributed by atoms with Crippen LogP contribution in [-0.4, -0.2) is 0 Å². The molecule has 1 atom stereocenters. The number of hydrogen-bond acceptors (Lipinski definition) is 0. The molecule has 2 aromatic carbocycles. The van der Waals surface area contributed by atoms with Crippen molar-refractivity contribution < 1.29 is 0 Å². The van der Waals surface area contributed by atoms with E-state index < -0.39 is 0 Å². The van der Waals surface area contributed by atoms with Gasteiger partial charge in [-0.15, -0.1) is 0 Å². The van der Waals surface area contributed by atoms with Gasteiger partial charge >= 0.3 is 0 Å². The first kappa shape index (κ1) is 21.7. The summed E-state index contributed by atoms with van der Waals surface area (Å²) >= 11 is 0. The molecule has 0 N–H and O–H groups in total. The van der Waals surface area contributed by atoms with Gasteiger partial charge in [-0.1, -0.05) is 112 Å². The van der Waals surface area contributed by atoms with Crippen LogP contribution in [0.25, 0.3) is 0 Å². The minimum Gasteiger partial charge on any atom is -0.0617 e. The predicted octanol–water partition coefficient (Wildman–Crippen LogP) is 7.93. The minimum atomic E-state index is 0.156. The maximum absolute atomic E-state index is 2.42. The molecule has 0 spiro atoms. The Balaban J connectivity index is 2.50. The third-order valence-electron chi connectivity index (χ3n) is 5.62. The van der Waals surface area contributed by atoms with Crippen molar-refractivity contribution in [2.75, 3.05) is 0 Å². The zero-order valence-corrected chi connectivity index (χ0v) is 19.3. The zero-order chi connectivity index (χ0) is 20.6. The summed E-state index contributed by atoms with van der Waals surface area (Å²) in [5, 5.41) is 0. The van der Waals surface area contributed by atoms with Gasteiger partial charge in [0.2, 0.25) is 0 Å². The SMILES string of the molecule is CC(Cc1c(C(C)(C)C)cccc1C(C)(C)C)c1cccc(C(C)(C)C)c1. The molecule has 0 aromatic heterocycles. The average molecular weight is 365 g/mol. The van der Waals surface area contributed by atoms with E-state index in [2.05, 4.69) is 112 Å². The molecule has 27 heavy (non-hydrogen) atoms. The van der Waals surface area contributed by atoms with E-state index in [4.69, 9.17) is 0 Å². The second-order valence-electron chi connectivity index (χ2n) is 11.3. The Morgan fingerprint density at radius 1 is 0.667 bits per heavy atom. The van der Waals surface area contributed by atoms with Crippen LogP contribution in [0.2, 0.25) is 0 Å². The number of hydrogen-bond donors (Lipinski definition) is 0. The highest BCUT2D eigenvalue weighted by Gasteiger charge is 2.26. The highest BCUT2D eigenvalue weighted by Crippen LogP contribution is 2.37. The highest BCUT2D eigenvalue weighted by atomic mass is 14.3. The molecule has 0 fully saturated rings. The summed E-state index contributed by atoms with van der Waals surface area (Å²) < 4.78 is 0. The molecule has 0 heterocycles. The fourth-order valence-corrected chi connectivity index (χ4v) is 3.95. The van der Waals surface area contributed by atoms with Gasteiger partial charge in [-0.05, 0) is 56.4 Å². The van der Waals surface area contributed by atoms with Crippen molar-refractivity contribution in [3.8, 4) is 0 Å². The average Bonchev–Trinajstić information content (AvgIpc) is 2.52. The van der Waals surface area contributed by atoms with Crippen LogP contribution in [0.5, 0.6) is 0 Å². The van der Waals surface area contributed by atoms with E-state index in [0.29, 0.717) is 5.92 Å². The molecular formula is C27H40. The molecule has 0 radical (unpaired) electrons. The van der Waals surface area contributed by atoms with Crippen LogP contribution in [-0.2, 0) is 22.7 Å². The predicted molar refractivity (Wildman–Crippen MR) is 121 cm³/mol. The van der Waals surface area contributed by atoms with Gasteiger partial charge < -0.3 is 0 Å². The molecule has 0 amide bonds. The van der Waals surface area contributed by atoms with E-state index in [0.717, 1.165) is 6.42 Å². The molecule has 2 aromatic rings. The summed E-state index contributed by atoms with van der Waals surface area (Å²) in [6.07, 6.45) is 1.09. The summed E-state index contributed by atoms with van der Waals surface area (Å²) in [7, 11) is 0. The van der Waals surface area contributed by atoms with E-state index in [1.807, 2.05) is 0 Å². The first-order valence-electron chi connectivity index (χ1n) is 10.4. The van der Waals surface area contributed by atoms with Crippen molar-refractivity contribution in [2.24, 2.45) is 0 Å². The molecule has 0 saturated heterocycles. The van der Waals surface area contributed by atoms with Crippen LogP contribution in [0, 0.1) is 0 Å². The van der Waals surface area contributed by atoms with E-state index in [1.54, 1.807) is 5.56 Å². The summed E-state index contributed by atoms with van der Waals surface area (Å²) in [5.74, 6) is 0.497. The molecule has 0 aliphatic rings. The molecule has 148 valence electrons. The van der Waals surface area contributed by atoms with Crippen molar-refractivity contribution in [1.29, 1.82) is 0 Å². The molecule has 0 nitrogen and oxygen atoms in total. The molecule has 0 aliphatic heterocycles. The fraction of sp³-hybridized carbons (Fsp3) is 0.556. The standard InChI is InChI=1S/C27H40/c1-19(20-13-11-14-21(18-20)25(2,3)4)17-22-23(26(5,6)7)15-12-16-24(22)27(8,9)10/h11-16,18-19H,17H2,1-10H3. The lowest BCUT2D eigenvalue weighted by Gasteiger charge is -2.31. The van der Waals surface area contributed by atoms with Crippen LogP contribution >= 0.6 is 0 Å². The van der Waals surface area contributed by atoms with Crippen LogP contribution < -0.4 is 0 Å². The lowest BCUT2D eigenvalue weighted by Crippen LogP contribution is -2.22. The van der Waals surface area contributed by atoms with Gasteiger partial charge in [0.1, 0.15) is 0 Å². The Morgan fingerprint density at radius 2 is 1.15 bits per heavy atom. The zero-order valence-electron chi connectivity index (χ0n) is 19.3. The maximum Gasteiger partial charge on any atom is -0.0129 e. The summed E-state index contributed by atoms with van der Waals surface area (Å²) in [6, 6.07) is 16.1. The van der Waals surface area contributed by atoms with Gasteiger partial charge in [-0.3, -0.25) is 0 Å². The largest absolute Gasteiger partial charge is 0.0617 e. The van der Waals surface area contributed by atoms with E-state index >= 15 is 0 Å².